The van der Waals surface area contributed by atoms with Gasteiger partial charge >= 0.3 is 0 Å². The Bertz CT molecular complexity index is 336. The minimum atomic E-state index is -0.544. The number of hydrogen-bond acceptors (Lipinski definition) is 2. The van der Waals surface area contributed by atoms with Gasteiger partial charge in [-0.3, -0.25) is 0 Å². The highest BCUT2D eigenvalue weighted by Gasteiger charge is 2.16. The maximum absolute atomic E-state index is 13.0. The number of rotatable bonds is 4. The number of halogens is 1. The van der Waals surface area contributed by atoms with Crippen LogP contribution in [0.2, 0.25) is 0 Å². The van der Waals surface area contributed by atoms with E-state index in [1.54, 1.807) is 12.1 Å². The van der Waals surface area contributed by atoms with Crippen molar-refractivity contribution in [2.75, 3.05) is 6.54 Å². The third-order valence-electron chi connectivity index (χ3n) is 3.04. The molecule has 0 radical (unpaired) electrons. The molecule has 1 fully saturated rings. The van der Waals surface area contributed by atoms with E-state index in [9.17, 15) is 9.50 Å². The van der Waals surface area contributed by atoms with Gasteiger partial charge in [-0.05, 0) is 31.4 Å². The molecule has 2 N–H and O–H groups in total. The highest BCUT2D eigenvalue weighted by atomic mass is 19.1. The van der Waals surface area contributed by atoms with Crippen LogP contribution >= 0.6 is 0 Å². The van der Waals surface area contributed by atoms with Gasteiger partial charge in [0.1, 0.15) is 0 Å². The molecule has 15 heavy (non-hydrogen) atoms. The van der Waals surface area contributed by atoms with Gasteiger partial charge in [0.2, 0.25) is 0 Å². The van der Waals surface area contributed by atoms with Crippen molar-refractivity contribution in [3.63, 3.8) is 0 Å². The lowest BCUT2D eigenvalue weighted by Gasteiger charge is -2.25. The number of para-hydroxylation sites is 1. The van der Waals surface area contributed by atoms with Gasteiger partial charge in [-0.1, -0.05) is 18.6 Å². The summed E-state index contributed by atoms with van der Waals surface area (Å²) in [7, 11) is 0. The Morgan fingerprint density at radius 3 is 2.87 bits per heavy atom. The zero-order valence-corrected chi connectivity index (χ0v) is 8.67. The fourth-order valence-corrected chi connectivity index (χ4v) is 1.81. The first-order chi connectivity index (χ1) is 7.27. The van der Waals surface area contributed by atoms with Gasteiger partial charge in [-0.25, -0.2) is 4.39 Å². The molecule has 0 atom stereocenters. The predicted octanol–water partition coefficient (Wildman–Crippen LogP) is 2.42. The minimum absolute atomic E-state index is 0.224. The van der Waals surface area contributed by atoms with Crippen LogP contribution in [0.1, 0.15) is 24.8 Å². The molecule has 1 saturated carbocycles. The second-order valence-electron chi connectivity index (χ2n) is 4.18. The van der Waals surface area contributed by atoms with Gasteiger partial charge in [0.05, 0.1) is 0 Å². The molecule has 0 amide bonds. The van der Waals surface area contributed by atoms with Crippen LogP contribution in [0.25, 0.3) is 0 Å². The van der Waals surface area contributed by atoms with Gasteiger partial charge in [-0.2, -0.15) is 0 Å². The van der Waals surface area contributed by atoms with Crippen molar-refractivity contribution in [1.29, 1.82) is 0 Å². The molecule has 82 valence electrons. The summed E-state index contributed by atoms with van der Waals surface area (Å²) in [6.45, 7) is 1.51. The molecule has 1 aliphatic rings. The van der Waals surface area contributed by atoms with Crippen molar-refractivity contribution in [3.05, 3.63) is 29.6 Å². The van der Waals surface area contributed by atoms with Crippen LogP contribution in [0.15, 0.2) is 18.2 Å². The van der Waals surface area contributed by atoms with E-state index in [4.69, 9.17) is 0 Å². The van der Waals surface area contributed by atoms with Crippen molar-refractivity contribution in [3.8, 4) is 5.75 Å². The lowest BCUT2D eigenvalue weighted by atomic mass is 9.85. The smallest absolute Gasteiger partial charge is 0.165 e. The molecule has 2 nitrogen and oxygen atoms in total. The summed E-state index contributed by atoms with van der Waals surface area (Å²) in [5.41, 5.74) is 0.634. The summed E-state index contributed by atoms with van der Waals surface area (Å²) >= 11 is 0. The van der Waals surface area contributed by atoms with Crippen molar-refractivity contribution >= 4 is 0 Å². The first-order valence-corrected chi connectivity index (χ1v) is 5.44. The van der Waals surface area contributed by atoms with Crippen LogP contribution in [0.4, 0.5) is 4.39 Å². The summed E-state index contributed by atoms with van der Waals surface area (Å²) in [6, 6.07) is 4.63. The largest absolute Gasteiger partial charge is 0.505 e. The quantitative estimate of drug-likeness (QED) is 0.798. The van der Waals surface area contributed by atoms with Crippen molar-refractivity contribution < 1.29 is 9.50 Å². The molecule has 1 aromatic rings. The fourth-order valence-electron chi connectivity index (χ4n) is 1.81. The van der Waals surface area contributed by atoms with E-state index in [1.165, 1.54) is 25.3 Å². The SMILES string of the molecule is Oc1c(F)cccc1CNCC1CCC1. The summed E-state index contributed by atoms with van der Waals surface area (Å²) in [5, 5.41) is 12.7. The second kappa shape index (κ2) is 4.62. The highest BCUT2D eigenvalue weighted by molar-refractivity contribution is 5.33. The summed E-state index contributed by atoms with van der Waals surface area (Å²) in [5.74, 6) is 0.0113. The Morgan fingerprint density at radius 1 is 1.40 bits per heavy atom. The van der Waals surface area contributed by atoms with Crippen molar-refractivity contribution in [2.45, 2.75) is 25.8 Å². The molecule has 0 aliphatic heterocycles. The van der Waals surface area contributed by atoms with Crippen LogP contribution in [0, 0.1) is 11.7 Å². The number of benzene rings is 1. The molecule has 1 aromatic carbocycles. The molecule has 0 aromatic heterocycles. The zero-order chi connectivity index (χ0) is 10.7. The molecular weight excluding hydrogens is 193 g/mol. The Balaban J connectivity index is 1.84. The van der Waals surface area contributed by atoms with Gasteiger partial charge < -0.3 is 10.4 Å². The number of aromatic hydroxyl groups is 1. The van der Waals surface area contributed by atoms with E-state index in [0.29, 0.717) is 12.1 Å². The van der Waals surface area contributed by atoms with E-state index in [0.717, 1.165) is 12.5 Å². The summed E-state index contributed by atoms with van der Waals surface area (Å²) < 4.78 is 13.0. The Kier molecular flexibility index (Phi) is 3.21. The Hall–Kier alpha value is -1.09. The standard InChI is InChI=1S/C12H16FNO/c13-11-6-2-5-10(12(11)15)8-14-7-9-3-1-4-9/h2,5-6,9,14-15H,1,3-4,7-8H2. The molecule has 2 rings (SSSR count). The zero-order valence-electron chi connectivity index (χ0n) is 8.67. The van der Waals surface area contributed by atoms with E-state index in [2.05, 4.69) is 5.32 Å². The highest BCUT2D eigenvalue weighted by Crippen LogP contribution is 2.25. The summed E-state index contributed by atoms with van der Waals surface area (Å²) in [4.78, 5) is 0. The maximum atomic E-state index is 13.0. The Morgan fingerprint density at radius 2 is 2.20 bits per heavy atom. The van der Waals surface area contributed by atoms with Gasteiger partial charge in [0.25, 0.3) is 0 Å². The van der Waals surface area contributed by atoms with E-state index >= 15 is 0 Å². The van der Waals surface area contributed by atoms with E-state index in [-0.39, 0.29) is 5.75 Å². The number of phenolic OH excluding ortho intramolecular Hbond substituents is 1. The monoisotopic (exact) mass is 209 g/mol. The van der Waals surface area contributed by atoms with Crippen LogP contribution in [-0.4, -0.2) is 11.7 Å². The second-order valence-corrected chi connectivity index (χ2v) is 4.18. The van der Waals surface area contributed by atoms with Crippen LogP contribution in [0.5, 0.6) is 5.75 Å². The van der Waals surface area contributed by atoms with E-state index in [1.807, 2.05) is 0 Å². The van der Waals surface area contributed by atoms with Crippen LogP contribution in [0.3, 0.4) is 0 Å². The minimum Gasteiger partial charge on any atom is -0.505 e. The van der Waals surface area contributed by atoms with Crippen molar-refractivity contribution in [2.24, 2.45) is 5.92 Å². The molecular formula is C12H16FNO. The maximum Gasteiger partial charge on any atom is 0.165 e. The first kappa shape index (κ1) is 10.4. The van der Waals surface area contributed by atoms with E-state index < -0.39 is 5.82 Å². The summed E-state index contributed by atoms with van der Waals surface area (Å²) in [6.07, 6.45) is 3.92. The normalized spacial score (nSPS) is 16.3. The lowest BCUT2D eigenvalue weighted by molar-refractivity contribution is 0.300. The molecule has 3 heteroatoms. The molecule has 0 unspecified atom stereocenters. The third kappa shape index (κ3) is 2.48. The van der Waals surface area contributed by atoms with Crippen molar-refractivity contribution in [1.82, 2.24) is 5.32 Å². The van der Waals surface area contributed by atoms with Gasteiger partial charge in [0, 0.05) is 12.1 Å². The van der Waals surface area contributed by atoms with Gasteiger partial charge in [-0.15, -0.1) is 0 Å². The first-order valence-electron chi connectivity index (χ1n) is 5.44. The number of hydrogen-bond donors (Lipinski definition) is 2. The van der Waals surface area contributed by atoms with Crippen LogP contribution < -0.4 is 5.32 Å². The molecule has 0 saturated heterocycles. The molecule has 1 aliphatic carbocycles. The molecule has 0 bridgehead atoms. The van der Waals surface area contributed by atoms with Gasteiger partial charge in [0.15, 0.2) is 11.6 Å². The average molecular weight is 209 g/mol. The Labute approximate surface area is 89.1 Å². The average Bonchev–Trinajstić information content (AvgIpc) is 2.16. The number of phenols is 1. The van der Waals surface area contributed by atoms with Crippen LogP contribution in [-0.2, 0) is 6.54 Å². The topological polar surface area (TPSA) is 32.3 Å². The number of nitrogens with one attached hydrogen (secondary N) is 1. The fraction of sp³-hybridized carbons (Fsp3) is 0.500. The lowest BCUT2D eigenvalue weighted by Crippen LogP contribution is -2.26. The molecule has 0 spiro atoms. The third-order valence-corrected chi connectivity index (χ3v) is 3.04. The molecule has 0 heterocycles. The predicted molar refractivity (Wildman–Crippen MR) is 57.1 cm³/mol.